The summed E-state index contributed by atoms with van der Waals surface area (Å²) in [5.41, 5.74) is -0.0254. The maximum Gasteiger partial charge on any atom is 0.416 e. The highest BCUT2D eigenvalue weighted by atomic mass is 35.5. The molecule has 7 heteroatoms. The lowest BCUT2D eigenvalue weighted by molar-refractivity contribution is -0.137. The summed E-state index contributed by atoms with van der Waals surface area (Å²) < 4.78 is 38.3. The highest BCUT2D eigenvalue weighted by Crippen LogP contribution is 2.49. The normalized spacial score (nSPS) is 26.5. The van der Waals surface area contributed by atoms with Gasteiger partial charge in [-0.3, -0.25) is 4.79 Å². The first-order chi connectivity index (χ1) is 10.4. The molecule has 1 amide bonds. The molecule has 0 aromatic heterocycles. The number of hydrogen-bond acceptors (Lipinski definition) is 2. The van der Waals surface area contributed by atoms with E-state index in [9.17, 15) is 18.0 Å². The van der Waals surface area contributed by atoms with Gasteiger partial charge in [0.05, 0.1) is 5.56 Å². The second-order valence-electron chi connectivity index (χ2n) is 6.17. The zero-order chi connectivity index (χ0) is 15.9. The van der Waals surface area contributed by atoms with Crippen LogP contribution in [0.15, 0.2) is 24.3 Å². The third-order valence-electron chi connectivity index (χ3n) is 4.68. The molecular formula is C16H20ClF3N2O. The van der Waals surface area contributed by atoms with E-state index in [-0.39, 0.29) is 36.2 Å². The average molecular weight is 349 g/mol. The summed E-state index contributed by atoms with van der Waals surface area (Å²) in [6.45, 7) is 1.70. The van der Waals surface area contributed by atoms with E-state index in [0.717, 1.165) is 25.6 Å². The van der Waals surface area contributed by atoms with Crippen molar-refractivity contribution in [3.63, 3.8) is 0 Å². The fourth-order valence-electron chi connectivity index (χ4n) is 3.19. The molecule has 1 aliphatic heterocycles. The lowest BCUT2D eigenvalue weighted by Gasteiger charge is -2.24. The van der Waals surface area contributed by atoms with E-state index in [0.29, 0.717) is 12.0 Å². The van der Waals surface area contributed by atoms with Gasteiger partial charge in [-0.25, -0.2) is 0 Å². The van der Waals surface area contributed by atoms with Crippen LogP contribution in [-0.4, -0.2) is 37.0 Å². The predicted octanol–water partition coefficient (Wildman–Crippen LogP) is 3.05. The van der Waals surface area contributed by atoms with Gasteiger partial charge in [-0.2, -0.15) is 13.2 Å². The first kappa shape index (κ1) is 18.1. The summed E-state index contributed by atoms with van der Waals surface area (Å²) in [4.78, 5) is 14.2. The van der Waals surface area contributed by atoms with Crippen molar-refractivity contribution in [3.05, 3.63) is 35.4 Å². The average Bonchev–Trinajstić information content (AvgIpc) is 3.10. The van der Waals surface area contributed by atoms with Gasteiger partial charge in [0.15, 0.2) is 0 Å². The molecule has 1 aromatic rings. The molecule has 3 unspecified atom stereocenters. The topological polar surface area (TPSA) is 32.3 Å². The minimum Gasteiger partial charge on any atom is -0.341 e. The Labute approximate surface area is 139 Å². The first-order valence-corrected chi connectivity index (χ1v) is 7.52. The summed E-state index contributed by atoms with van der Waals surface area (Å²) in [5.74, 6) is -0.197. The molecule has 128 valence electrons. The Balaban J connectivity index is 0.00000192. The minimum atomic E-state index is -4.34. The molecule has 1 aliphatic carbocycles. The maximum atomic E-state index is 12.8. The first-order valence-electron chi connectivity index (χ1n) is 7.52. The van der Waals surface area contributed by atoms with E-state index in [4.69, 9.17) is 0 Å². The second-order valence-corrected chi connectivity index (χ2v) is 6.17. The molecule has 23 heavy (non-hydrogen) atoms. The standard InChI is InChI=1S/C16H19F3N2O.ClH/c1-21(12-5-6-20-9-12)15(22)14-8-13(14)10-3-2-4-11(7-10)16(17,18)19;/h2-4,7,12-14,20H,5-6,8-9H2,1H3;1H. The molecular weight excluding hydrogens is 329 g/mol. The second kappa shape index (κ2) is 6.69. The Morgan fingerprint density at radius 1 is 1.35 bits per heavy atom. The van der Waals surface area contributed by atoms with Crippen LogP contribution in [0.25, 0.3) is 0 Å². The van der Waals surface area contributed by atoms with Gasteiger partial charge in [-0.1, -0.05) is 18.2 Å². The molecule has 0 bridgehead atoms. The molecule has 1 aromatic carbocycles. The van der Waals surface area contributed by atoms with Crippen molar-refractivity contribution in [2.24, 2.45) is 5.92 Å². The van der Waals surface area contributed by atoms with Crippen molar-refractivity contribution < 1.29 is 18.0 Å². The number of benzene rings is 1. The number of halogens is 4. The minimum absolute atomic E-state index is 0. The number of carbonyl (C=O) groups excluding carboxylic acids is 1. The fraction of sp³-hybridized carbons (Fsp3) is 0.562. The van der Waals surface area contributed by atoms with Gasteiger partial charge in [0.1, 0.15) is 0 Å². The fourth-order valence-corrected chi connectivity index (χ4v) is 3.19. The van der Waals surface area contributed by atoms with Gasteiger partial charge < -0.3 is 10.2 Å². The zero-order valence-electron chi connectivity index (χ0n) is 12.8. The van der Waals surface area contributed by atoms with Crippen LogP contribution in [0.1, 0.15) is 29.9 Å². The molecule has 0 radical (unpaired) electrons. The van der Waals surface area contributed by atoms with Gasteiger partial charge in [0, 0.05) is 25.6 Å². The molecule has 3 rings (SSSR count). The Hall–Kier alpha value is -1.27. The molecule has 3 nitrogen and oxygen atoms in total. The van der Waals surface area contributed by atoms with Crippen LogP contribution in [0, 0.1) is 5.92 Å². The van der Waals surface area contributed by atoms with E-state index in [1.807, 2.05) is 0 Å². The van der Waals surface area contributed by atoms with Crippen LogP contribution in [0.4, 0.5) is 13.2 Å². The van der Waals surface area contributed by atoms with E-state index < -0.39 is 11.7 Å². The van der Waals surface area contributed by atoms with E-state index in [2.05, 4.69) is 5.32 Å². The van der Waals surface area contributed by atoms with Gasteiger partial charge >= 0.3 is 6.18 Å². The van der Waals surface area contributed by atoms with Crippen molar-refractivity contribution in [3.8, 4) is 0 Å². The molecule has 3 atom stereocenters. The van der Waals surface area contributed by atoms with Crippen LogP contribution in [0.3, 0.4) is 0 Å². The highest BCUT2D eigenvalue weighted by molar-refractivity contribution is 5.85. The SMILES string of the molecule is CN(C(=O)C1CC1c1cccc(C(F)(F)F)c1)C1CCNC1.Cl. The van der Waals surface area contributed by atoms with Crippen LogP contribution in [0.5, 0.6) is 0 Å². The number of rotatable bonds is 3. The largest absolute Gasteiger partial charge is 0.416 e. The maximum absolute atomic E-state index is 12.8. The number of amides is 1. The number of nitrogens with zero attached hydrogens (tertiary/aromatic N) is 1. The number of carbonyl (C=O) groups is 1. The van der Waals surface area contributed by atoms with Gasteiger partial charge in [-0.15, -0.1) is 12.4 Å². The molecule has 1 N–H and O–H groups in total. The monoisotopic (exact) mass is 348 g/mol. The smallest absolute Gasteiger partial charge is 0.341 e. The van der Waals surface area contributed by atoms with Crippen molar-refractivity contribution in [1.82, 2.24) is 10.2 Å². The van der Waals surface area contributed by atoms with Crippen LogP contribution in [-0.2, 0) is 11.0 Å². The van der Waals surface area contributed by atoms with Gasteiger partial charge in [0.2, 0.25) is 5.91 Å². The van der Waals surface area contributed by atoms with Gasteiger partial charge in [0.25, 0.3) is 0 Å². The van der Waals surface area contributed by atoms with Crippen molar-refractivity contribution in [1.29, 1.82) is 0 Å². The Bertz CT molecular complexity index is 573. The van der Waals surface area contributed by atoms with Crippen LogP contribution >= 0.6 is 12.4 Å². The highest BCUT2D eigenvalue weighted by Gasteiger charge is 2.46. The lowest BCUT2D eigenvalue weighted by atomic mass is 10.0. The van der Waals surface area contributed by atoms with Crippen molar-refractivity contribution in [2.75, 3.05) is 20.1 Å². The number of likely N-dealkylation sites (N-methyl/N-ethyl adjacent to an activating group) is 1. The molecule has 2 fully saturated rings. The molecule has 1 saturated carbocycles. The zero-order valence-corrected chi connectivity index (χ0v) is 13.6. The third kappa shape index (κ3) is 3.80. The van der Waals surface area contributed by atoms with Crippen molar-refractivity contribution in [2.45, 2.75) is 31.0 Å². The number of hydrogen-bond donors (Lipinski definition) is 1. The predicted molar refractivity (Wildman–Crippen MR) is 83.6 cm³/mol. The molecule has 1 heterocycles. The van der Waals surface area contributed by atoms with E-state index >= 15 is 0 Å². The number of nitrogens with one attached hydrogen (secondary N) is 1. The summed E-state index contributed by atoms with van der Waals surface area (Å²) in [5, 5.41) is 3.22. The summed E-state index contributed by atoms with van der Waals surface area (Å²) in [6.07, 6.45) is -2.76. The van der Waals surface area contributed by atoms with Crippen LogP contribution < -0.4 is 5.32 Å². The van der Waals surface area contributed by atoms with E-state index in [1.165, 1.54) is 12.1 Å². The van der Waals surface area contributed by atoms with Crippen molar-refractivity contribution >= 4 is 18.3 Å². The molecule has 1 saturated heterocycles. The number of alkyl halides is 3. The Morgan fingerprint density at radius 2 is 2.09 bits per heavy atom. The molecule has 2 aliphatic rings. The van der Waals surface area contributed by atoms with E-state index in [1.54, 1.807) is 18.0 Å². The van der Waals surface area contributed by atoms with Crippen LogP contribution in [0.2, 0.25) is 0 Å². The summed E-state index contributed by atoms with van der Waals surface area (Å²) in [7, 11) is 1.79. The Morgan fingerprint density at radius 3 is 2.70 bits per heavy atom. The van der Waals surface area contributed by atoms with Gasteiger partial charge in [-0.05, 0) is 36.9 Å². The quantitative estimate of drug-likeness (QED) is 0.910. The lowest BCUT2D eigenvalue weighted by Crippen LogP contribution is -2.39. The summed E-state index contributed by atoms with van der Waals surface area (Å²) in [6, 6.07) is 5.55. The Kier molecular flexibility index (Phi) is 5.26. The summed E-state index contributed by atoms with van der Waals surface area (Å²) >= 11 is 0. The molecule has 0 spiro atoms. The third-order valence-corrected chi connectivity index (χ3v) is 4.68.